The SMILES string of the molecule is F[C@@H]1CCN(c2ccc(-c3nc4ncc(Cl)cc4s3)cn2)C1. The van der Waals surface area contributed by atoms with Crippen molar-refractivity contribution >= 4 is 39.1 Å². The van der Waals surface area contributed by atoms with Crippen LogP contribution in [0.3, 0.4) is 0 Å². The van der Waals surface area contributed by atoms with E-state index in [2.05, 4.69) is 15.0 Å². The monoisotopic (exact) mass is 334 g/mol. The van der Waals surface area contributed by atoms with Crippen molar-refractivity contribution in [3.8, 4) is 10.6 Å². The van der Waals surface area contributed by atoms with Crippen molar-refractivity contribution in [3.05, 3.63) is 35.6 Å². The van der Waals surface area contributed by atoms with Crippen LogP contribution in [-0.4, -0.2) is 34.2 Å². The summed E-state index contributed by atoms with van der Waals surface area (Å²) in [5.74, 6) is 0.811. The lowest BCUT2D eigenvalue weighted by Gasteiger charge is -2.15. The number of fused-ring (bicyclic) bond motifs is 1. The van der Waals surface area contributed by atoms with Crippen molar-refractivity contribution in [1.29, 1.82) is 0 Å². The Morgan fingerprint density at radius 1 is 1.27 bits per heavy atom. The highest BCUT2D eigenvalue weighted by molar-refractivity contribution is 7.21. The van der Waals surface area contributed by atoms with Gasteiger partial charge in [-0.05, 0) is 24.6 Å². The maximum absolute atomic E-state index is 13.3. The number of anilines is 1. The van der Waals surface area contributed by atoms with Crippen molar-refractivity contribution in [3.63, 3.8) is 0 Å². The summed E-state index contributed by atoms with van der Waals surface area (Å²) in [6, 6.07) is 5.74. The molecule has 4 nitrogen and oxygen atoms in total. The predicted molar refractivity (Wildman–Crippen MR) is 87.4 cm³/mol. The largest absolute Gasteiger partial charge is 0.354 e. The highest BCUT2D eigenvalue weighted by Gasteiger charge is 2.22. The highest BCUT2D eigenvalue weighted by atomic mass is 35.5. The number of alkyl halides is 1. The maximum Gasteiger partial charge on any atom is 0.171 e. The predicted octanol–water partition coefficient (Wildman–Crippen LogP) is 3.95. The maximum atomic E-state index is 13.3. The van der Waals surface area contributed by atoms with Crippen LogP contribution >= 0.6 is 22.9 Å². The van der Waals surface area contributed by atoms with Gasteiger partial charge in [0.05, 0.1) is 16.3 Å². The van der Waals surface area contributed by atoms with Crippen molar-refractivity contribution in [1.82, 2.24) is 15.0 Å². The standard InChI is InChI=1S/C15H12ClFN4S/c16-10-5-12-14(19-7-10)20-15(22-12)9-1-2-13(18-6-9)21-4-3-11(17)8-21/h1-2,5-7,11H,3-4,8H2/t11-/m1/s1. The van der Waals surface area contributed by atoms with Gasteiger partial charge in [-0.15, -0.1) is 11.3 Å². The molecular formula is C15H12ClFN4S. The normalized spacial score (nSPS) is 18.3. The van der Waals surface area contributed by atoms with Gasteiger partial charge in [0.1, 0.15) is 17.0 Å². The zero-order valence-corrected chi connectivity index (χ0v) is 13.1. The molecule has 112 valence electrons. The fraction of sp³-hybridized carbons (Fsp3) is 0.267. The van der Waals surface area contributed by atoms with Gasteiger partial charge in [0, 0.05) is 24.5 Å². The molecule has 0 unspecified atom stereocenters. The Morgan fingerprint density at radius 3 is 2.91 bits per heavy atom. The molecule has 0 amide bonds. The van der Waals surface area contributed by atoms with Crippen molar-refractivity contribution < 1.29 is 4.39 Å². The molecular weight excluding hydrogens is 323 g/mol. The Balaban J connectivity index is 1.64. The van der Waals surface area contributed by atoms with E-state index in [0.29, 0.717) is 23.6 Å². The third-order valence-corrected chi connectivity index (χ3v) is 4.91. The molecule has 0 radical (unpaired) electrons. The van der Waals surface area contributed by atoms with Crippen LogP contribution in [0.1, 0.15) is 6.42 Å². The van der Waals surface area contributed by atoms with Gasteiger partial charge in [0.2, 0.25) is 0 Å². The van der Waals surface area contributed by atoms with Gasteiger partial charge in [0.25, 0.3) is 0 Å². The third-order valence-electron chi connectivity index (χ3n) is 3.66. The van der Waals surface area contributed by atoms with Gasteiger partial charge in [0.15, 0.2) is 5.65 Å². The van der Waals surface area contributed by atoms with E-state index in [4.69, 9.17) is 11.6 Å². The molecule has 0 saturated carbocycles. The van der Waals surface area contributed by atoms with Crippen LogP contribution in [0.15, 0.2) is 30.6 Å². The van der Waals surface area contributed by atoms with Gasteiger partial charge in [-0.1, -0.05) is 11.6 Å². The molecule has 0 aliphatic carbocycles. The van der Waals surface area contributed by atoms with Crippen LogP contribution in [0, 0.1) is 0 Å². The van der Waals surface area contributed by atoms with Crippen molar-refractivity contribution in [2.24, 2.45) is 0 Å². The molecule has 0 aromatic carbocycles. The number of aromatic nitrogens is 3. The lowest BCUT2D eigenvalue weighted by atomic mass is 10.3. The summed E-state index contributed by atoms with van der Waals surface area (Å²) in [6.45, 7) is 1.15. The number of hydrogen-bond donors (Lipinski definition) is 0. The molecule has 7 heteroatoms. The average Bonchev–Trinajstić information content (AvgIpc) is 3.13. The number of nitrogens with zero attached hydrogens (tertiary/aromatic N) is 4. The van der Waals surface area contributed by atoms with E-state index in [-0.39, 0.29) is 0 Å². The van der Waals surface area contributed by atoms with Crippen LogP contribution in [0.2, 0.25) is 5.02 Å². The molecule has 1 aliphatic rings. The molecule has 3 aromatic heterocycles. The van der Waals surface area contributed by atoms with E-state index in [1.165, 1.54) is 11.3 Å². The zero-order valence-electron chi connectivity index (χ0n) is 11.5. The molecule has 0 N–H and O–H groups in total. The fourth-order valence-corrected chi connectivity index (χ4v) is 3.72. The summed E-state index contributed by atoms with van der Waals surface area (Å²) >= 11 is 7.48. The van der Waals surface area contributed by atoms with Crippen molar-refractivity contribution in [2.75, 3.05) is 18.0 Å². The Morgan fingerprint density at radius 2 is 2.18 bits per heavy atom. The van der Waals surface area contributed by atoms with Crippen LogP contribution in [-0.2, 0) is 0 Å². The summed E-state index contributed by atoms with van der Waals surface area (Å²) in [4.78, 5) is 15.1. The number of thiazole rings is 1. The molecule has 1 aliphatic heterocycles. The summed E-state index contributed by atoms with van der Waals surface area (Å²) in [5, 5.41) is 1.46. The minimum absolute atomic E-state index is 0.426. The molecule has 4 heterocycles. The summed E-state index contributed by atoms with van der Waals surface area (Å²) in [6.07, 6.45) is 3.20. The quantitative estimate of drug-likeness (QED) is 0.711. The molecule has 22 heavy (non-hydrogen) atoms. The first-order valence-electron chi connectivity index (χ1n) is 6.96. The zero-order chi connectivity index (χ0) is 15.1. The summed E-state index contributed by atoms with van der Waals surface area (Å²) in [5.41, 5.74) is 1.62. The Hall–Kier alpha value is -1.79. The van der Waals surface area contributed by atoms with Gasteiger partial charge in [-0.2, -0.15) is 0 Å². The van der Waals surface area contributed by atoms with E-state index in [0.717, 1.165) is 27.6 Å². The minimum atomic E-state index is -0.749. The van der Waals surface area contributed by atoms with Gasteiger partial charge in [-0.25, -0.2) is 19.3 Å². The lowest BCUT2D eigenvalue weighted by molar-refractivity contribution is 0.364. The smallest absolute Gasteiger partial charge is 0.171 e. The topological polar surface area (TPSA) is 41.9 Å². The number of halogens is 2. The van der Waals surface area contributed by atoms with E-state index >= 15 is 0 Å². The molecule has 0 bridgehead atoms. The van der Waals surface area contributed by atoms with Crippen LogP contribution in [0.5, 0.6) is 0 Å². The average molecular weight is 335 g/mol. The van der Waals surface area contributed by atoms with E-state index in [9.17, 15) is 4.39 Å². The molecule has 1 atom stereocenters. The Labute approximate surface area is 135 Å². The van der Waals surface area contributed by atoms with E-state index < -0.39 is 6.17 Å². The summed E-state index contributed by atoms with van der Waals surface area (Å²) < 4.78 is 14.2. The van der Waals surface area contributed by atoms with Crippen LogP contribution in [0.4, 0.5) is 10.2 Å². The van der Waals surface area contributed by atoms with E-state index in [1.54, 1.807) is 12.4 Å². The first-order chi connectivity index (χ1) is 10.7. The molecule has 1 saturated heterocycles. The highest BCUT2D eigenvalue weighted by Crippen LogP contribution is 2.31. The van der Waals surface area contributed by atoms with Gasteiger partial charge >= 0.3 is 0 Å². The fourth-order valence-electron chi connectivity index (χ4n) is 2.54. The molecule has 3 aromatic rings. The minimum Gasteiger partial charge on any atom is -0.354 e. The second-order valence-corrected chi connectivity index (χ2v) is 6.70. The van der Waals surface area contributed by atoms with Gasteiger partial charge in [-0.3, -0.25) is 0 Å². The first-order valence-corrected chi connectivity index (χ1v) is 8.16. The lowest BCUT2D eigenvalue weighted by Crippen LogP contribution is -2.20. The second kappa shape index (κ2) is 5.44. The molecule has 4 rings (SSSR count). The van der Waals surface area contributed by atoms with E-state index in [1.807, 2.05) is 23.1 Å². The summed E-state index contributed by atoms with van der Waals surface area (Å²) in [7, 11) is 0. The molecule has 0 spiro atoms. The number of rotatable bonds is 2. The Kier molecular flexibility index (Phi) is 3.43. The van der Waals surface area contributed by atoms with Crippen molar-refractivity contribution in [2.45, 2.75) is 12.6 Å². The first kappa shape index (κ1) is 13.8. The second-order valence-electron chi connectivity index (χ2n) is 5.23. The van der Waals surface area contributed by atoms with Crippen LogP contribution < -0.4 is 4.90 Å². The number of pyridine rings is 2. The number of hydrogen-bond acceptors (Lipinski definition) is 5. The van der Waals surface area contributed by atoms with Crippen LogP contribution in [0.25, 0.3) is 20.9 Å². The van der Waals surface area contributed by atoms with Gasteiger partial charge < -0.3 is 4.90 Å². The molecule has 1 fully saturated rings. The third kappa shape index (κ3) is 2.53. The Bertz CT molecular complexity index is 820.